The van der Waals surface area contributed by atoms with Crippen molar-refractivity contribution >= 4 is 23.0 Å². The number of hydrogen-bond donors (Lipinski definition) is 1. The summed E-state index contributed by atoms with van der Waals surface area (Å²) in [6, 6.07) is 4.61. The van der Waals surface area contributed by atoms with Crippen LogP contribution in [0, 0.1) is 6.92 Å². The molecular formula is C28H39F3N4O. The van der Waals surface area contributed by atoms with Gasteiger partial charge in [-0.2, -0.15) is 0 Å². The van der Waals surface area contributed by atoms with Gasteiger partial charge in [-0.1, -0.05) is 65.5 Å². The number of fused-ring (bicyclic) bond motifs is 1. The van der Waals surface area contributed by atoms with E-state index in [2.05, 4.69) is 23.6 Å². The fourth-order valence-electron chi connectivity index (χ4n) is 4.34. The number of aromatic nitrogens is 3. The van der Waals surface area contributed by atoms with Crippen LogP contribution in [-0.4, -0.2) is 20.7 Å². The predicted molar refractivity (Wildman–Crippen MR) is 142 cm³/mol. The molecule has 0 saturated heterocycles. The van der Waals surface area contributed by atoms with Gasteiger partial charge in [0.1, 0.15) is 22.9 Å². The lowest BCUT2D eigenvalue weighted by Gasteiger charge is -2.20. The van der Waals surface area contributed by atoms with Crippen molar-refractivity contribution < 1.29 is 17.9 Å². The number of benzene rings is 1. The van der Waals surface area contributed by atoms with Gasteiger partial charge in [0.25, 0.3) is 0 Å². The Morgan fingerprint density at radius 1 is 1.17 bits per heavy atom. The minimum absolute atomic E-state index is 0.215. The second kappa shape index (κ2) is 13.3. The Kier molecular flexibility index (Phi) is 10.8. The molecule has 5 nitrogen and oxygen atoms in total. The van der Waals surface area contributed by atoms with Gasteiger partial charge in [-0.3, -0.25) is 4.40 Å². The normalized spacial score (nSPS) is 14.5. The van der Waals surface area contributed by atoms with Gasteiger partial charge in [0.05, 0.1) is 5.69 Å². The van der Waals surface area contributed by atoms with Crippen molar-refractivity contribution in [2.24, 2.45) is 0 Å². The Bertz CT molecular complexity index is 1150. The summed E-state index contributed by atoms with van der Waals surface area (Å²) >= 11 is 0. The molecule has 0 spiro atoms. The zero-order chi connectivity index (χ0) is 26.9. The highest BCUT2D eigenvalue weighted by Crippen LogP contribution is 2.36. The summed E-state index contributed by atoms with van der Waals surface area (Å²) in [7, 11) is 0. The molecule has 0 aliphatic heterocycles. The molecule has 2 aromatic heterocycles. The number of alkyl halides is 3. The minimum atomic E-state index is -4.74. The lowest BCUT2D eigenvalue weighted by atomic mass is 9.89. The van der Waals surface area contributed by atoms with E-state index in [-0.39, 0.29) is 5.75 Å². The van der Waals surface area contributed by atoms with Crippen LogP contribution in [0.25, 0.3) is 17.2 Å². The number of ether oxygens (including phenoxy) is 1. The van der Waals surface area contributed by atoms with Crippen molar-refractivity contribution in [2.75, 3.05) is 5.73 Å². The summed E-state index contributed by atoms with van der Waals surface area (Å²) in [6.07, 6.45) is 7.63. The topological polar surface area (TPSA) is 65.4 Å². The summed E-state index contributed by atoms with van der Waals surface area (Å²) in [4.78, 5) is 9.18. The van der Waals surface area contributed by atoms with E-state index in [1.54, 1.807) is 25.3 Å². The molecule has 0 atom stereocenters. The molecule has 1 aliphatic carbocycles. The largest absolute Gasteiger partial charge is 0.573 e. The maximum atomic E-state index is 12.7. The van der Waals surface area contributed by atoms with Crippen LogP contribution in [0.1, 0.15) is 102 Å². The molecule has 2 heterocycles. The summed E-state index contributed by atoms with van der Waals surface area (Å²) in [5.74, 6) is 1.49. The van der Waals surface area contributed by atoms with E-state index >= 15 is 0 Å². The number of imidazole rings is 1. The number of nitrogens with zero attached hydrogens (tertiary/aromatic N) is 3. The Morgan fingerprint density at radius 2 is 1.81 bits per heavy atom. The number of hydrogen-bond acceptors (Lipinski definition) is 4. The maximum absolute atomic E-state index is 12.7. The van der Waals surface area contributed by atoms with Crippen molar-refractivity contribution in [3.63, 3.8) is 0 Å². The molecule has 0 unspecified atom stereocenters. The Labute approximate surface area is 212 Å². The third-order valence-electron chi connectivity index (χ3n) is 5.88. The summed E-state index contributed by atoms with van der Waals surface area (Å²) < 4.78 is 44.3. The molecule has 1 saturated carbocycles. The average molecular weight is 505 g/mol. The van der Waals surface area contributed by atoms with E-state index < -0.39 is 6.36 Å². The van der Waals surface area contributed by atoms with Crippen molar-refractivity contribution in [3.05, 3.63) is 53.2 Å². The van der Waals surface area contributed by atoms with E-state index in [0.29, 0.717) is 28.6 Å². The second-order valence-corrected chi connectivity index (χ2v) is 8.74. The first kappa shape index (κ1) is 29.2. The molecule has 0 amide bonds. The van der Waals surface area contributed by atoms with Gasteiger partial charge in [-0.05, 0) is 55.5 Å². The quantitative estimate of drug-likeness (QED) is 0.386. The fourth-order valence-corrected chi connectivity index (χ4v) is 4.34. The SMILES string of the molecule is C/C(=C\c1cccc(OC(F)(F)F)c1C)c1nc(C2CCCCC2)n2ccnc(N)c12.CC.CCC. The summed E-state index contributed by atoms with van der Waals surface area (Å²) in [6.45, 7) is 11.7. The van der Waals surface area contributed by atoms with Gasteiger partial charge in [0.15, 0.2) is 0 Å². The highest BCUT2D eigenvalue weighted by Gasteiger charge is 2.32. The number of rotatable bonds is 4. The first-order chi connectivity index (χ1) is 17.2. The zero-order valence-corrected chi connectivity index (χ0v) is 22.2. The number of anilines is 1. The minimum Gasteiger partial charge on any atom is -0.405 e. The number of nitrogen functional groups attached to an aromatic ring is 1. The van der Waals surface area contributed by atoms with E-state index in [0.717, 1.165) is 29.8 Å². The van der Waals surface area contributed by atoms with Crippen LogP contribution in [0.4, 0.5) is 19.0 Å². The Balaban J connectivity index is 0.000000850. The Hall–Kier alpha value is -3.03. The van der Waals surface area contributed by atoms with E-state index in [9.17, 15) is 13.2 Å². The first-order valence-electron chi connectivity index (χ1n) is 12.8. The van der Waals surface area contributed by atoms with Crippen LogP contribution in [-0.2, 0) is 0 Å². The molecular weight excluding hydrogens is 465 g/mol. The molecule has 0 bridgehead atoms. The van der Waals surface area contributed by atoms with Gasteiger partial charge in [0, 0.05) is 18.3 Å². The molecule has 1 aromatic carbocycles. The summed E-state index contributed by atoms with van der Waals surface area (Å²) in [5.41, 5.74) is 9.47. The molecule has 36 heavy (non-hydrogen) atoms. The van der Waals surface area contributed by atoms with Crippen LogP contribution in [0.2, 0.25) is 0 Å². The molecule has 198 valence electrons. The van der Waals surface area contributed by atoms with Crippen molar-refractivity contribution in [1.82, 2.24) is 14.4 Å². The van der Waals surface area contributed by atoms with Crippen LogP contribution in [0.5, 0.6) is 5.75 Å². The lowest BCUT2D eigenvalue weighted by Crippen LogP contribution is -2.17. The summed E-state index contributed by atoms with van der Waals surface area (Å²) in [5, 5.41) is 0. The van der Waals surface area contributed by atoms with E-state index in [4.69, 9.17) is 10.7 Å². The van der Waals surface area contributed by atoms with Gasteiger partial charge in [0.2, 0.25) is 0 Å². The monoisotopic (exact) mass is 504 g/mol. The molecule has 3 aromatic rings. The predicted octanol–water partition coefficient (Wildman–Crippen LogP) is 8.57. The smallest absolute Gasteiger partial charge is 0.405 e. The third-order valence-corrected chi connectivity index (χ3v) is 5.88. The van der Waals surface area contributed by atoms with Gasteiger partial charge in [-0.15, -0.1) is 13.2 Å². The van der Waals surface area contributed by atoms with Crippen molar-refractivity contribution in [2.45, 2.75) is 92.3 Å². The molecule has 2 N–H and O–H groups in total. The Morgan fingerprint density at radius 3 is 2.42 bits per heavy atom. The molecule has 0 radical (unpaired) electrons. The zero-order valence-electron chi connectivity index (χ0n) is 22.2. The van der Waals surface area contributed by atoms with Crippen molar-refractivity contribution in [1.29, 1.82) is 0 Å². The van der Waals surface area contributed by atoms with E-state index in [1.165, 1.54) is 31.7 Å². The van der Waals surface area contributed by atoms with Gasteiger partial charge < -0.3 is 10.5 Å². The number of allylic oxidation sites excluding steroid dienone is 1. The molecule has 1 aliphatic rings. The molecule has 1 fully saturated rings. The first-order valence-corrected chi connectivity index (χ1v) is 12.8. The van der Waals surface area contributed by atoms with Crippen LogP contribution >= 0.6 is 0 Å². The lowest BCUT2D eigenvalue weighted by molar-refractivity contribution is -0.274. The van der Waals surface area contributed by atoms with Crippen LogP contribution in [0.15, 0.2) is 30.6 Å². The number of halogens is 3. The number of nitrogens with two attached hydrogens (primary N) is 1. The third kappa shape index (κ3) is 7.24. The standard InChI is InChI=1S/C23H25F3N4O.C3H8.C2H6/c1-14(13-17-9-6-10-18(15(17)2)31-23(24,25)26)19-20-21(27)28-11-12-30(20)22(29-19)16-7-4-3-5-8-16;1-3-2;1-2/h6,9-13,16H,3-5,7-8H2,1-2H3,(H2,27,28);3H2,1-2H3;1-2H3/b14-13+;;. The maximum Gasteiger partial charge on any atom is 0.573 e. The van der Waals surface area contributed by atoms with Crippen LogP contribution < -0.4 is 10.5 Å². The second-order valence-electron chi connectivity index (χ2n) is 8.74. The molecule has 4 rings (SSSR count). The van der Waals surface area contributed by atoms with Gasteiger partial charge in [-0.25, -0.2) is 9.97 Å². The highest BCUT2D eigenvalue weighted by molar-refractivity contribution is 5.89. The van der Waals surface area contributed by atoms with Crippen molar-refractivity contribution in [3.8, 4) is 5.75 Å². The highest BCUT2D eigenvalue weighted by atomic mass is 19.4. The fraction of sp³-hybridized carbons (Fsp3) is 0.500. The van der Waals surface area contributed by atoms with Gasteiger partial charge >= 0.3 is 6.36 Å². The molecule has 8 heteroatoms. The van der Waals surface area contributed by atoms with E-state index in [1.807, 2.05) is 37.4 Å². The average Bonchev–Trinajstić information content (AvgIpc) is 3.24. The van der Waals surface area contributed by atoms with Crippen LogP contribution in [0.3, 0.4) is 0 Å².